The van der Waals surface area contributed by atoms with Crippen molar-refractivity contribution in [1.29, 1.82) is 0 Å². The van der Waals surface area contributed by atoms with Crippen LogP contribution in [-0.4, -0.2) is 15.3 Å². The van der Waals surface area contributed by atoms with Crippen LogP contribution in [0.3, 0.4) is 0 Å². The van der Waals surface area contributed by atoms with Gasteiger partial charge in [-0.3, -0.25) is 14.2 Å². The Bertz CT molecular complexity index is 600. The molecule has 0 radical (unpaired) electrons. The number of carbonyl (C=O) groups excluding carboxylic acids is 1. The van der Waals surface area contributed by atoms with E-state index >= 15 is 0 Å². The predicted molar refractivity (Wildman–Crippen MR) is 68.6 cm³/mol. The van der Waals surface area contributed by atoms with Gasteiger partial charge in [-0.15, -0.1) is 0 Å². The van der Waals surface area contributed by atoms with Crippen LogP contribution in [0.2, 0.25) is 0 Å². The summed E-state index contributed by atoms with van der Waals surface area (Å²) in [5.41, 5.74) is 1.58. The molecule has 18 heavy (non-hydrogen) atoms. The first-order valence-corrected chi connectivity index (χ1v) is 5.83. The van der Waals surface area contributed by atoms with Crippen molar-refractivity contribution in [2.45, 2.75) is 19.9 Å². The van der Waals surface area contributed by atoms with Crippen molar-refractivity contribution in [3.63, 3.8) is 0 Å². The summed E-state index contributed by atoms with van der Waals surface area (Å²) in [7, 11) is 0. The molecule has 1 aromatic heterocycles. The molecule has 0 saturated carbocycles. The van der Waals surface area contributed by atoms with Gasteiger partial charge in [0, 0.05) is 17.8 Å². The van der Waals surface area contributed by atoms with Crippen molar-refractivity contribution in [2.24, 2.45) is 0 Å². The van der Waals surface area contributed by atoms with E-state index < -0.39 is 0 Å². The van der Waals surface area contributed by atoms with E-state index in [2.05, 4.69) is 11.9 Å². The Morgan fingerprint density at radius 3 is 2.56 bits per heavy atom. The van der Waals surface area contributed by atoms with Crippen LogP contribution in [0.15, 0.2) is 47.7 Å². The number of rotatable bonds is 4. The summed E-state index contributed by atoms with van der Waals surface area (Å²) in [5.74, 6) is -0.0900. The minimum Gasteiger partial charge on any atom is -0.292 e. The summed E-state index contributed by atoms with van der Waals surface area (Å²) >= 11 is 0. The molecule has 2 rings (SSSR count). The fourth-order valence-electron chi connectivity index (χ4n) is 1.67. The van der Waals surface area contributed by atoms with E-state index in [1.54, 1.807) is 12.1 Å². The molecule has 0 aliphatic carbocycles. The highest BCUT2D eigenvalue weighted by Crippen LogP contribution is 2.06. The van der Waals surface area contributed by atoms with Crippen LogP contribution in [0.4, 0.5) is 0 Å². The molecule has 0 bridgehead atoms. The third-order valence-electron chi connectivity index (χ3n) is 2.79. The zero-order valence-corrected chi connectivity index (χ0v) is 10.2. The lowest BCUT2D eigenvalue weighted by atomic mass is 10.1. The third kappa shape index (κ3) is 2.71. The molecule has 0 aliphatic rings. The molecule has 0 spiro atoms. The van der Waals surface area contributed by atoms with Crippen molar-refractivity contribution in [3.8, 4) is 0 Å². The lowest BCUT2D eigenvalue weighted by Gasteiger charge is -2.04. The molecular weight excluding hydrogens is 228 g/mol. The molecule has 0 N–H and O–H groups in total. The minimum atomic E-state index is -0.219. The number of carbonyl (C=O) groups is 1. The smallest absolute Gasteiger partial charge is 0.253 e. The molecule has 4 nitrogen and oxygen atoms in total. The second kappa shape index (κ2) is 5.40. The average Bonchev–Trinajstić information content (AvgIpc) is 2.41. The molecule has 92 valence electrons. The summed E-state index contributed by atoms with van der Waals surface area (Å²) in [6, 6.07) is 8.79. The fourth-order valence-corrected chi connectivity index (χ4v) is 1.67. The van der Waals surface area contributed by atoms with Gasteiger partial charge in [-0.25, -0.2) is 4.98 Å². The van der Waals surface area contributed by atoms with Gasteiger partial charge in [0.05, 0.1) is 12.9 Å². The SMILES string of the molecule is CCc1ccc(C(=O)Cn2cnccc2=O)cc1. The van der Waals surface area contributed by atoms with Crippen molar-refractivity contribution in [3.05, 3.63) is 64.3 Å². The van der Waals surface area contributed by atoms with Crippen molar-refractivity contribution in [2.75, 3.05) is 0 Å². The van der Waals surface area contributed by atoms with Gasteiger partial charge < -0.3 is 0 Å². The van der Waals surface area contributed by atoms with E-state index in [0.717, 1.165) is 6.42 Å². The average molecular weight is 242 g/mol. The van der Waals surface area contributed by atoms with E-state index in [0.29, 0.717) is 5.56 Å². The van der Waals surface area contributed by atoms with Crippen LogP contribution < -0.4 is 5.56 Å². The number of aryl methyl sites for hydroxylation is 1. The summed E-state index contributed by atoms with van der Waals surface area (Å²) in [6.07, 6.45) is 3.73. The lowest BCUT2D eigenvalue weighted by Crippen LogP contribution is -2.23. The molecule has 1 heterocycles. The Morgan fingerprint density at radius 1 is 1.22 bits per heavy atom. The molecule has 0 atom stereocenters. The number of aromatic nitrogens is 2. The minimum absolute atomic E-state index is 0.0259. The second-order valence-corrected chi connectivity index (χ2v) is 4.02. The van der Waals surface area contributed by atoms with Crippen LogP contribution in [0.25, 0.3) is 0 Å². The van der Waals surface area contributed by atoms with E-state index in [-0.39, 0.29) is 17.9 Å². The Kier molecular flexibility index (Phi) is 3.67. The maximum Gasteiger partial charge on any atom is 0.253 e. The largest absolute Gasteiger partial charge is 0.292 e. The van der Waals surface area contributed by atoms with Gasteiger partial charge >= 0.3 is 0 Å². The monoisotopic (exact) mass is 242 g/mol. The summed E-state index contributed by atoms with van der Waals surface area (Å²) in [6.45, 7) is 2.09. The van der Waals surface area contributed by atoms with Gasteiger partial charge in [-0.05, 0) is 12.0 Å². The van der Waals surface area contributed by atoms with Crippen molar-refractivity contribution >= 4 is 5.78 Å². The standard InChI is InChI=1S/C14H14N2O2/c1-2-11-3-5-12(6-4-11)13(17)9-16-10-15-8-7-14(16)18/h3-8,10H,2,9H2,1H3. The highest BCUT2D eigenvalue weighted by atomic mass is 16.1. The van der Waals surface area contributed by atoms with Crippen molar-refractivity contribution < 1.29 is 4.79 Å². The maximum atomic E-state index is 12.0. The Balaban J connectivity index is 2.17. The zero-order valence-electron chi connectivity index (χ0n) is 10.2. The fraction of sp³-hybridized carbons (Fsp3) is 0.214. The van der Waals surface area contributed by atoms with Crippen LogP contribution in [-0.2, 0) is 13.0 Å². The molecule has 0 aliphatic heterocycles. The summed E-state index contributed by atoms with van der Waals surface area (Å²) in [4.78, 5) is 27.3. The number of nitrogens with zero attached hydrogens (tertiary/aromatic N) is 2. The molecular formula is C14H14N2O2. The molecule has 2 aromatic rings. The van der Waals surface area contributed by atoms with Gasteiger partial charge in [0.2, 0.25) is 0 Å². The topological polar surface area (TPSA) is 52.0 Å². The highest BCUT2D eigenvalue weighted by molar-refractivity contribution is 5.95. The Morgan fingerprint density at radius 2 is 1.94 bits per heavy atom. The lowest BCUT2D eigenvalue weighted by molar-refractivity contribution is 0.0970. The number of hydrogen-bond acceptors (Lipinski definition) is 3. The third-order valence-corrected chi connectivity index (χ3v) is 2.79. The summed E-state index contributed by atoms with van der Waals surface area (Å²) < 4.78 is 1.30. The van der Waals surface area contributed by atoms with E-state index in [1.807, 2.05) is 12.1 Å². The van der Waals surface area contributed by atoms with Crippen LogP contribution in [0.1, 0.15) is 22.8 Å². The van der Waals surface area contributed by atoms with E-state index in [9.17, 15) is 9.59 Å². The molecule has 0 unspecified atom stereocenters. The first kappa shape index (κ1) is 12.2. The molecule has 0 fully saturated rings. The van der Waals surface area contributed by atoms with E-state index in [4.69, 9.17) is 0 Å². The molecule has 0 amide bonds. The Labute approximate surface area is 105 Å². The first-order valence-electron chi connectivity index (χ1n) is 5.83. The number of ketones is 1. The summed E-state index contributed by atoms with van der Waals surface area (Å²) in [5, 5.41) is 0. The number of benzene rings is 1. The number of Topliss-reactive ketones (excluding diaryl/α,β-unsaturated/α-hetero) is 1. The quantitative estimate of drug-likeness (QED) is 0.767. The van der Waals surface area contributed by atoms with Gasteiger partial charge in [-0.1, -0.05) is 31.2 Å². The maximum absolute atomic E-state index is 12.0. The van der Waals surface area contributed by atoms with Crippen LogP contribution in [0.5, 0.6) is 0 Å². The molecule has 0 saturated heterocycles. The van der Waals surface area contributed by atoms with Gasteiger partial charge in [0.15, 0.2) is 5.78 Å². The van der Waals surface area contributed by atoms with Gasteiger partial charge in [0.1, 0.15) is 0 Å². The molecule has 4 heteroatoms. The van der Waals surface area contributed by atoms with Gasteiger partial charge in [0.25, 0.3) is 5.56 Å². The normalized spacial score (nSPS) is 10.3. The zero-order chi connectivity index (χ0) is 13.0. The van der Waals surface area contributed by atoms with E-state index in [1.165, 1.54) is 28.7 Å². The number of hydrogen-bond donors (Lipinski definition) is 0. The highest BCUT2D eigenvalue weighted by Gasteiger charge is 2.07. The van der Waals surface area contributed by atoms with Crippen LogP contribution >= 0.6 is 0 Å². The molecule has 1 aromatic carbocycles. The first-order chi connectivity index (χ1) is 8.70. The van der Waals surface area contributed by atoms with Gasteiger partial charge in [-0.2, -0.15) is 0 Å². The second-order valence-electron chi connectivity index (χ2n) is 4.02. The predicted octanol–water partition coefficient (Wildman–Crippen LogP) is 1.69. The van der Waals surface area contributed by atoms with Crippen molar-refractivity contribution in [1.82, 2.24) is 9.55 Å². The van der Waals surface area contributed by atoms with Crippen LogP contribution in [0, 0.1) is 0 Å². The Hall–Kier alpha value is -2.23.